The van der Waals surface area contributed by atoms with Crippen LogP contribution >= 0.6 is 7.26 Å². The van der Waals surface area contributed by atoms with Crippen LogP contribution in [-0.2, 0) is 0 Å². The van der Waals surface area contributed by atoms with Crippen molar-refractivity contribution in [1.29, 1.82) is 0 Å². The van der Waals surface area contributed by atoms with Crippen molar-refractivity contribution in [2.75, 3.05) is 24.6 Å². The summed E-state index contributed by atoms with van der Waals surface area (Å²) in [6.45, 7) is 5.69. The van der Waals surface area contributed by atoms with E-state index in [0.717, 1.165) is 38.5 Å². The molecule has 0 aliphatic heterocycles. The summed E-state index contributed by atoms with van der Waals surface area (Å²) in [7, 11) is -2.34. The molecule has 0 rings (SSSR count). The van der Waals surface area contributed by atoms with E-state index in [1.807, 2.05) is 13.8 Å². The molecule has 0 spiro atoms. The second-order valence-corrected chi connectivity index (χ2v) is 13.5. The van der Waals surface area contributed by atoms with E-state index >= 15 is 0 Å². The summed E-state index contributed by atoms with van der Waals surface area (Å²) in [5.74, 6) is -27.2. The zero-order valence-corrected chi connectivity index (χ0v) is 23.4. The Kier molecular flexibility index (Phi) is 16.2. The average molecular weight is 668 g/mol. The Morgan fingerprint density at radius 1 is 0.457 bits per heavy atom. The summed E-state index contributed by atoms with van der Waals surface area (Å²) >= 11 is 0. The quantitative estimate of drug-likeness (QED) is 0.0635. The van der Waals surface area contributed by atoms with Crippen LogP contribution in [0.1, 0.15) is 85.0 Å². The van der Waals surface area contributed by atoms with Gasteiger partial charge in [0.05, 0.1) is 31.1 Å². The molecule has 0 bridgehead atoms. The second kappa shape index (κ2) is 15.1. The summed E-state index contributed by atoms with van der Waals surface area (Å²) in [5, 5.41) is 0. The highest BCUT2D eigenvalue weighted by atomic mass is 127. The third-order valence-corrected chi connectivity index (χ3v) is 11.3. The molecule has 0 unspecified atom stereocenters. The van der Waals surface area contributed by atoms with Gasteiger partial charge in [-0.2, -0.15) is 48.3 Å². The van der Waals surface area contributed by atoms with E-state index in [-0.39, 0.29) is 24.0 Å². The summed E-state index contributed by atoms with van der Waals surface area (Å²) in [6, 6.07) is 0. The van der Waals surface area contributed by atoms with Gasteiger partial charge in [-0.25, -0.2) is 0 Å². The minimum absolute atomic E-state index is 0. The van der Waals surface area contributed by atoms with Gasteiger partial charge in [-0.05, 0) is 32.1 Å². The van der Waals surface area contributed by atoms with Crippen LogP contribution in [0.3, 0.4) is 0 Å². The van der Waals surface area contributed by atoms with Crippen LogP contribution in [0, 0.1) is 0 Å². The lowest BCUT2D eigenvalue weighted by Crippen LogP contribution is -3.00. The van der Waals surface area contributed by atoms with Crippen molar-refractivity contribution in [2.45, 2.75) is 115 Å². The molecule has 0 heterocycles. The van der Waals surface area contributed by atoms with Crippen LogP contribution in [-0.4, -0.2) is 54.5 Å². The minimum Gasteiger partial charge on any atom is -1.00 e. The molecule has 0 saturated carbocycles. The highest BCUT2D eigenvalue weighted by molar-refractivity contribution is 7.75. The van der Waals surface area contributed by atoms with Crippen LogP contribution in [0.25, 0.3) is 0 Å². The van der Waals surface area contributed by atoms with Crippen molar-refractivity contribution in [3.63, 3.8) is 0 Å². The molecule has 13 heteroatoms. The Balaban J connectivity index is 0. The van der Waals surface area contributed by atoms with E-state index < -0.39 is 49.7 Å². The lowest BCUT2D eigenvalue weighted by molar-refractivity contribution is -0.422. The minimum atomic E-state index is -7.32. The maximum Gasteiger partial charge on any atom is 0.460 e. The molecule has 35 heavy (non-hydrogen) atoms. The Labute approximate surface area is 218 Å². The molecular weight excluding hydrogens is 631 g/mol. The van der Waals surface area contributed by atoms with Crippen LogP contribution in [0.4, 0.5) is 48.3 Å². The molecule has 0 aliphatic rings. The average Bonchev–Trinajstić information content (AvgIpc) is 2.72. The summed E-state index contributed by atoms with van der Waals surface area (Å²) in [5.41, 5.74) is 0. The van der Waals surface area contributed by atoms with Crippen LogP contribution in [0.15, 0.2) is 0 Å². The molecule has 0 amide bonds. The molecule has 0 nitrogen and oxygen atoms in total. The Morgan fingerprint density at radius 3 is 1.23 bits per heavy atom. The van der Waals surface area contributed by atoms with Crippen molar-refractivity contribution < 1.29 is 72.3 Å². The van der Waals surface area contributed by atoms with Gasteiger partial charge in [0.1, 0.15) is 0 Å². The van der Waals surface area contributed by atoms with E-state index in [2.05, 4.69) is 0 Å². The number of halogens is 12. The van der Waals surface area contributed by atoms with Gasteiger partial charge >= 0.3 is 29.9 Å². The van der Waals surface area contributed by atoms with E-state index in [0.29, 0.717) is 37.7 Å². The largest absolute Gasteiger partial charge is 1.00 e. The number of rotatable bonds is 18. The monoisotopic (exact) mass is 668 g/mol. The van der Waals surface area contributed by atoms with Crippen molar-refractivity contribution >= 4 is 7.26 Å². The standard InChI is InChI=1S/C22H37F11P.HI/c1-4-7-9-11-15-34(14-6-3,16-12-10-8-5-2)17-13-18(23,24)19(25,26)20(27,28)21(29,30)22(31,32)33;/h4-17H2,1-3H3;1H/q+1;/p-1. The zero-order chi connectivity index (χ0) is 26.9. The topological polar surface area (TPSA) is 0 Å². The van der Waals surface area contributed by atoms with Gasteiger partial charge in [-0.15, -0.1) is 0 Å². The van der Waals surface area contributed by atoms with Gasteiger partial charge in [0.2, 0.25) is 0 Å². The van der Waals surface area contributed by atoms with E-state index in [4.69, 9.17) is 0 Å². The lowest BCUT2D eigenvalue weighted by atomic mass is 9.96. The summed E-state index contributed by atoms with van der Waals surface area (Å²) < 4.78 is 147. The second-order valence-electron chi connectivity index (χ2n) is 9.03. The fraction of sp³-hybridized carbons (Fsp3) is 1.00. The first-order chi connectivity index (χ1) is 15.4. The molecule has 0 fully saturated rings. The van der Waals surface area contributed by atoms with E-state index in [1.54, 1.807) is 6.92 Å². The fourth-order valence-corrected chi connectivity index (χ4v) is 8.87. The molecule has 0 aromatic rings. The number of alkyl halides is 11. The number of unbranched alkanes of at least 4 members (excludes halogenated alkanes) is 6. The molecule has 214 valence electrons. The molecule has 0 aliphatic carbocycles. The molecule has 0 atom stereocenters. The molecule has 0 aromatic carbocycles. The Morgan fingerprint density at radius 2 is 0.886 bits per heavy atom. The first-order valence-electron chi connectivity index (χ1n) is 11.8. The summed E-state index contributed by atoms with van der Waals surface area (Å²) in [4.78, 5) is 0. The van der Waals surface area contributed by atoms with Gasteiger partial charge in [-0.1, -0.05) is 46.5 Å². The van der Waals surface area contributed by atoms with Gasteiger partial charge in [0.15, 0.2) is 0 Å². The van der Waals surface area contributed by atoms with Crippen LogP contribution < -0.4 is 24.0 Å². The van der Waals surface area contributed by atoms with Crippen molar-refractivity contribution in [1.82, 2.24) is 0 Å². The molecular formula is C22H37F11IP. The third kappa shape index (κ3) is 9.57. The predicted octanol–water partition coefficient (Wildman–Crippen LogP) is 7.07. The predicted molar refractivity (Wildman–Crippen MR) is 115 cm³/mol. The number of hydrogen-bond acceptors (Lipinski definition) is 0. The smallest absolute Gasteiger partial charge is 0.460 e. The molecule has 0 radical (unpaired) electrons. The van der Waals surface area contributed by atoms with Crippen LogP contribution in [0.5, 0.6) is 0 Å². The van der Waals surface area contributed by atoms with Crippen LogP contribution in [0.2, 0.25) is 0 Å². The third-order valence-electron chi connectivity index (χ3n) is 6.17. The highest BCUT2D eigenvalue weighted by Gasteiger charge is 2.87. The Bertz CT molecular complexity index is 568. The van der Waals surface area contributed by atoms with Gasteiger partial charge in [0, 0.05) is 7.26 Å². The normalized spacial score (nSPS) is 14.2. The lowest BCUT2D eigenvalue weighted by Gasteiger charge is -2.38. The number of hydrogen-bond donors (Lipinski definition) is 0. The van der Waals surface area contributed by atoms with Gasteiger partial charge < -0.3 is 24.0 Å². The fourth-order valence-electron chi connectivity index (χ4n) is 4.03. The van der Waals surface area contributed by atoms with Crippen molar-refractivity contribution in [3.05, 3.63) is 0 Å². The first kappa shape index (κ1) is 37.5. The highest BCUT2D eigenvalue weighted by Crippen LogP contribution is 2.64. The zero-order valence-electron chi connectivity index (χ0n) is 20.4. The Hall–Kier alpha value is 0.390. The molecule has 0 aromatic heterocycles. The molecule has 0 N–H and O–H groups in total. The van der Waals surface area contributed by atoms with Crippen molar-refractivity contribution in [3.8, 4) is 0 Å². The summed E-state index contributed by atoms with van der Waals surface area (Å²) in [6.07, 6.45) is -1.25. The van der Waals surface area contributed by atoms with E-state index in [1.165, 1.54) is 0 Å². The SMILES string of the molecule is CCCCCC[P+](CCC)(CCCCCC)CCC(F)(F)C(F)(F)C(F)(F)C(F)(F)C(F)(F)F.[I-]. The van der Waals surface area contributed by atoms with Gasteiger partial charge in [0.25, 0.3) is 0 Å². The van der Waals surface area contributed by atoms with E-state index in [9.17, 15) is 48.3 Å². The van der Waals surface area contributed by atoms with Crippen molar-refractivity contribution in [2.24, 2.45) is 0 Å². The first-order valence-corrected chi connectivity index (χ1v) is 14.3. The molecule has 0 saturated heterocycles. The maximum absolute atomic E-state index is 14.4. The van der Waals surface area contributed by atoms with Gasteiger partial charge in [-0.3, -0.25) is 0 Å². The maximum atomic E-state index is 14.4.